The molecule has 1 amide bonds. The van der Waals surface area contributed by atoms with Crippen LogP contribution in [0.2, 0.25) is 5.02 Å². The fraction of sp³-hybridized carbons (Fsp3) is 0.222. The van der Waals surface area contributed by atoms with Gasteiger partial charge in [0.25, 0.3) is 5.91 Å². The Morgan fingerprint density at radius 1 is 1.08 bits per heavy atom. The minimum Gasteiger partial charge on any atom is -0.507 e. The number of amides is 1. The topological polar surface area (TPSA) is 101 Å². The summed E-state index contributed by atoms with van der Waals surface area (Å²) in [5.41, 5.74) is 3.64. The summed E-state index contributed by atoms with van der Waals surface area (Å²) in [6, 6.07) is 13.7. The number of nitrogens with one attached hydrogen (secondary N) is 1. The normalized spacial score (nSPS) is 14.7. The summed E-state index contributed by atoms with van der Waals surface area (Å²) >= 11 is 6.24. The molecule has 5 rings (SSSR count). The number of ether oxygens (including phenoxy) is 2. The molecule has 184 valence electrons. The summed E-state index contributed by atoms with van der Waals surface area (Å²) in [5, 5.41) is 18.4. The predicted octanol–water partition coefficient (Wildman–Crippen LogP) is 5.37. The number of aromatic hydroxyl groups is 1. The number of pyridine rings is 1. The fourth-order valence-corrected chi connectivity index (χ4v) is 4.71. The molecular weight excluding hydrogens is 480 g/mol. The van der Waals surface area contributed by atoms with Gasteiger partial charge in [-0.1, -0.05) is 23.7 Å². The van der Waals surface area contributed by atoms with Crippen LogP contribution in [0.3, 0.4) is 0 Å². The van der Waals surface area contributed by atoms with Crippen molar-refractivity contribution in [1.82, 2.24) is 20.1 Å². The molecule has 36 heavy (non-hydrogen) atoms. The van der Waals surface area contributed by atoms with Crippen LogP contribution < -0.4 is 9.47 Å². The first-order chi connectivity index (χ1) is 17.5. The van der Waals surface area contributed by atoms with Gasteiger partial charge < -0.3 is 19.5 Å². The molecule has 2 aromatic carbocycles. The van der Waals surface area contributed by atoms with Crippen LogP contribution in [-0.2, 0) is 6.54 Å². The van der Waals surface area contributed by atoms with Gasteiger partial charge in [-0.3, -0.25) is 14.9 Å². The fourth-order valence-electron chi connectivity index (χ4n) is 4.54. The van der Waals surface area contributed by atoms with Gasteiger partial charge >= 0.3 is 0 Å². The van der Waals surface area contributed by atoms with Crippen molar-refractivity contribution in [2.24, 2.45) is 0 Å². The standard InChI is InChI=1S/C27H25ClN4O4/c1-3-35-21-10-7-17(12-22(21)36-4-2)26-23-24(19-13-18(28)8-9-20(19)33)30-31-25(23)27(34)32(26)15-16-6-5-11-29-14-16/h5-14,26,33H,3-4,15H2,1-2H3,(H,30,31). The van der Waals surface area contributed by atoms with Crippen LogP contribution >= 0.6 is 11.6 Å². The van der Waals surface area contributed by atoms with E-state index >= 15 is 0 Å². The number of benzene rings is 2. The molecule has 0 saturated carbocycles. The number of fused-ring (bicyclic) bond motifs is 1. The SMILES string of the molecule is CCOc1ccc(C2c3c(-c4cc(Cl)ccc4O)n[nH]c3C(=O)N2Cc2cccnc2)cc1OCC. The van der Waals surface area contributed by atoms with E-state index in [9.17, 15) is 9.90 Å². The number of hydrogen-bond donors (Lipinski definition) is 2. The maximum absolute atomic E-state index is 13.7. The van der Waals surface area contributed by atoms with Crippen molar-refractivity contribution in [3.63, 3.8) is 0 Å². The van der Waals surface area contributed by atoms with Gasteiger partial charge in [-0.2, -0.15) is 5.10 Å². The second-order valence-electron chi connectivity index (χ2n) is 8.29. The van der Waals surface area contributed by atoms with Gasteiger partial charge in [-0.05, 0) is 61.4 Å². The monoisotopic (exact) mass is 504 g/mol. The molecule has 3 heterocycles. The van der Waals surface area contributed by atoms with Gasteiger partial charge in [0.1, 0.15) is 17.1 Å². The number of H-pyrrole nitrogens is 1. The highest BCUT2D eigenvalue weighted by molar-refractivity contribution is 6.31. The Labute approximate surface area is 213 Å². The molecule has 1 aliphatic heterocycles. The molecular formula is C27H25ClN4O4. The second-order valence-corrected chi connectivity index (χ2v) is 8.73. The van der Waals surface area contributed by atoms with Crippen molar-refractivity contribution in [1.29, 1.82) is 0 Å². The second kappa shape index (κ2) is 9.91. The molecule has 8 nitrogen and oxygen atoms in total. The first-order valence-corrected chi connectivity index (χ1v) is 12.1. The van der Waals surface area contributed by atoms with Crippen LogP contribution in [0.4, 0.5) is 0 Å². The van der Waals surface area contributed by atoms with E-state index in [0.29, 0.717) is 58.8 Å². The minimum absolute atomic E-state index is 0.0207. The Hall–Kier alpha value is -4.04. The van der Waals surface area contributed by atoms with Crippen LogP contribution in [0.5, 0.6) is 17.2 Å². The number of aromatic amines is 1. The number of rotatable bonds is 8. The lowest BCUT2D eigenvalue weighted by molar-refractivity contribution is 0.0729. The first kappa shape index (κ1) is 23.7. The Kier molecular flexibility index (Phi) is 6.52. The highest BCUT2D eigenvalue weighted by atomic mass is 35.5. The van der Waals surface area contributed by atoms with Gasteiger partial charge in [-0.25, -0.2) is 0 Å². The lowest BCUT2D eigenvalue weighted by atomic mass is 9.95. The summed E-state index contributed by atoms with van der Waals surface area (Å²) in [5.74, 6) is 1.04. The van der Waals surface area contributed by atoms with Crippen molar-refractivity contribution >= 4 is 17.5 Å². The molecule has 2 N–H and O–H groups in total. The molecule has 0 bridgehead atoms. The molecule has 0 radical (unpaired) electrons. The summed E-state index contributed by atoms with van der Waals surface area (Å²) < 4.78 is 11.6. The minimum atomic E-state index is -0.505. The largest absolute Gasteiger partial charge is 0.507 e. The maximum atomic E-state index is 13.7. The molecule has 9 heteroatoms. The van der Waals surface area contributed by atoms with Crippen molar-refractivity contribution in [3.05, 3.63) is 88.3 Å². The lowest BCUT2D eigenvalue weighted by Crippen LogP contribution is -2.29. The molecule has 0 spiro atoms. The third-order valence-corrected chi connectivity index (χ3v) is 6.27. The smallest absolute Gasteiger partial charge is 0.273 e. The maximum Gasteiger partial charge on any atom is 0.273 e. The average molecular weight is 505 g/mol. The van der Waals surface area contributed by atoms with E-state index in [1.54, 1.807) is 29.4 Å². The zero-order valence-corrected chi connectivity index (χ0v) is 20.6. The van der Waals surface area contributed by atoms with Gasteiger partial charge in [0, 0.05) is 35.1 Å². The zero-order valence-electron chi connectivity index (χ0n) is 19.9. The summed E-state index contributed by atoms with van der Waals surface area (Å²) in [4.78, 5) is 19.6. The molecule has 1 atom stereocenters. The van der Waals surface area contributed by atoms with Crippen LogP contribution in [0.15, 0.2) is 60.9 Å². The number of phenolic OH excluding ortho intramolecular Hbond substituents is 1. The highest BCUT2D eigenvalue weighted by Crippen LogP contribution is 2.46. The van der Waals surface area contributed by atoms with E-state index in [4.69, 9.17) is 21.1 Å². The van der Waals surface area contributed by atoms with Gasteiger partial charge in [0.15, 0.2) is 11.5 Å². The van der Waals surface area contributed by atoms with Crippen molar-refractivity contribution in [2.45, 2.75) is 26.4 Å². The Bertz CT molecular complexity index is 1410. The Morgan fingerprint density at radius 2 is 1.89 bits per heavy atom. The van der Waals surface area contributed by atoms with Crippen LogP contribution in [0, 0.1) is 0 Å². The van der Waals surface area contributed by atoms with Gasteiger partial charge in [0.05, 0.1) is 19.3 Å². The van der Waals surface area contributed by atoms with Crippen molar-refractivity contribution < 1.29 is 19.4 Å². The predicted molar refractivity (Wildman–Crippen MR) is 135 cm³/mol. The molecule has 0 aliphatic carbocycles. The Balaban J connectivity index is 1.68. The highest BCUT2D eigenvalue weighted by Gasteiger charge is 2.43. The third-order valence-electron chi connectivity index (χ3n) is 6.04. The molecule has 0 saturated heterocycles. The van der Waals surface area contributed by atoms with E-state index in [1.165, 1.54) is 6.07 Å². The number of carbonyl (C=O) groups excluding carboxylic acids is 1. The summed E-state index contributed by atoms with van der Waals surface area (Å²) in [6.45, 7) is 5.11. The Morgan fingerprint density at radius 3 is 2.64 bits per heavy atom. The van der Waals surface area contributed by atoms with Crippen LogP contribution in [0.25, 0.3) is 11.3 Å². The number of aromatic nitrogens is 3. The van der Waals surface area contributed by atoms with E-state index in [0.717, 1.165) is 11.1 Å². The number of halogens is 1. The quantitative estimate of drug-likeness (QED) is 0.334. The molecule has 4 aromatic rings. The van der Waals surface area contributed by atoms with E-state index < -0.39 is 6.04 Å². The number of phenols is 1. The molecule has 1 aliphatic rings. The number of hydrogen-bond acceptors (Lipinski definition) is 6. The average Bonchev–Trinajstić information content (AvgIpc) is 3.42. The molecule has 0 fully saturated rings. The van der Waals surface area contributed by atoms with Crippen molar-refractivity contribution in [3.8, 4) is 28.5 Å². The third kappa shape index (κ3) is 4.24. The molecule has 2 aromatic heterocycles. The van der Waals surface area contributed by atoms with Gasteiger partial charge in [0.2, 0.25) is 0 Å². The first-order valence-electron chi connectivity index (χ1n) is 11.7. The van der Waals surface area contributed by atoms with E-state index in [-0.39, 0.29) is 11.7 Å². The number of carbonyl (C=O) groups is 1. The van der Waals surface area contributed by atoms with E-state index in [2.05, 4.69) is 15.2 Å². The summed E-state index contributed by atoms with van der Waals surface area (Å²) in [7, 11) is 0. The molecule has 1 unspecified atom stereocenters. The summed E-state index contributed by atoms with van der Waals surface area (Å²) in [6.07, 6.45) is 3.43. The van der Waals surface area contributed by atoms with Gasteiger partial charge in [-0.15, -0.1) is 0 Å². The van der Waals surface area contributed by atoms with E-state index in [1.807, 2.05) is 44.2 Å². The number of nitrogens with zero attached hydrogens (tertiary/aromatic N) is 3. The lowest BCUT2D eigenvalue weighted by Gasteiger charge is -2.27. The van der Waals surface area contributed by atoms with Crippen LogP contribution in [-0.4, -0.2) is 44.3 Å². The zero-order chi connectivity index (χ0) is 25.2. The van der Waals surface area contributed by atoms with Crippen molar-refractivity contribution in [2.75, 3.05) is 13.2 Å². The van der Waals surface area contributed by atoms with Crippen LogP contribution in [0.1, 0.15) is 47.1 Å².